The van der Waals surface area contributed by atoms with Gasteiger partial charge in [-0.3, -0.25) is 0 Å². The largest absolute Gasteiger partial charge is 0.0622 e. The van der Waals surface area contributed by atoms with Crippen LogP contribution >= 0.6 is 0 Å². The molecule has 0 spiro atoms. The third kappa shape index (κ3) is 3.00. The van der Waals surface area contributed by atoms with E-state index in [0.717, 1.165) is 0 Å². The zero-order valence-corrected chi connectivity index (χ0v) is 23.8. The predicted molar refractivity (Wildman–Crippen MR) is 183 cm³/mol. The molecule has 0 unspecified atom stereocenters. The molecule has 0 aromatic heterocycles. The van der Waals surface area contributed by atoms with E-state index in [1.165, 1.54) is 105 Å². The van der Waals surface area contributed by atoms with Crippen molar-refractivity contribution in [2.45, 2.75) is 6.92 Å². The lowest BCUT2D eigenvalue weighted by molar-refractivity contribution is 1.48. The third-order valence-corrected chi connectivity index (χ3v) is 9.75. The lowest BCUT2D eigenvalue weighted by atomic mass is 9.82. The van der Waals surface area contributed by atoms with E-state index < -0.39 is 0 Å². The second kappa shape index (κ2) is 8.31. The average Bonchev–Trinajstić information content (AvgIpc) is 3.55. The summed E-state index contributed by atoms with van der Waals surface area (Å²) in [4.78, 5) is 0. The minimum absolute atomic E-state index is 1.26. The van der Waals surface area contributed by atoms with Crippen molar-refractivity contribution in [2.75, 3.05) is 0 Å². The Morgan fingerprint density at radius 3 is 1.33 bits per heavy atom. The highest BCUT2D eigenvalue weighted by atomic mass is 14.4. The number of hydrogen-bond donors (Lipinski definition) is 0. The smallest absolute Gasteiger partial charge is 0.000740 e. The Balaban J connectivity index is 1.45. The first-order valence-electron chi connectivity index (χ1n) is 15.1. The van der Waals surface area contributed by atoms with Gasteiger partial charge in [-0.25, -0.2) is 0 Å². The van der Waals surface area contributed by atoms with Crippen LogP contribution in [0.15, 0.2) is 140 Å². The van der Waals surface area contributed by atoms with Gasteiger partial charge >= 0.3 is 0 Å². The normalized spacial score (nSPS) is 12.3. The van der Waals surface area contributed by atoms with Gasteiger partial charge in [-0.05, 0) is 118 Å². The van der Waals surface area contributed by atoms with Crippen molar-refractivity contribution < 1.29 is 0 Å². The summed E-state index contributed by atoms with van der Waals surface area (Å²) in [6.07, 6.45) is 0. The molecular weight excluding hydrogens is 516 g/mol. The Kier molecular flexibility index (Phi) is 4.47. The van der Waals surface area contributed by atoms with Gasteiger partial charge in [0.05, 0.1) is 0 Å². The molecule has 0 heterocycles. The van der Waals surface area contributed by atoms with Crippen molar-refractivity contribution in [1.82, 2.24) is 0 Å². The fourth-order valence-electron chi connectivity index (χ4n) is 8.00. The molecule has 0 nitrogen and oxygen atoms in total. The standard InChI is InChI=1S/C43H26/c1-25-16-17-30-31-18-20-33-41-34(21-19-32(40(31)41)35(30)22-25)43-39(27-12-6-3-7-13-27)37-24-29-15-9-8-14-28(29)23-36(37)38(42(33)43)26-10-4-2-5-11-26/h2-24H,1H3. The molecule has 0 N–H and O–H groups in total. The van der Waals surface area contributed by atoms with Crippen molar-refractivity contribution in [1.29, 1.82) is 0 Å². The quantitative estimate of drug-likeness (QED) is 0.191. The van der Waals surface area contributed by atoms with Gasteiger partial charge in [-0.1, -0.05) is 133 Å². The highest BCUT2D eigenvalue weighted by Crippen LogP contribution is 2.61. The molecule has 0 saturated carbocycles. The number of fused-ring (bicyclic) bond motifs is 8. The fraction of sp³-hybridized carbons (Fsp3) is 0.0233. The summed E-state index contributed by atoms with van der Waals surface area (Å²) in [5.74, 6) is 0. The molecular formula is C43H26. The Hall–Kier alpha value is -5.46. The van der Waals surface area contributed by atoms with Crippen LogP contribution in [0.3, 0.4) is 0 Å². The zero-order valence-electron chi connectivity index (χ0n) is 23.8. The van der Waals surface area contributed by atoms with E-state index in [2.05, 4.69) is 146 Å². The maximum absolute atomic E-state index is 2.43. The maximum atomic E-state index is 2.43. The first-order chi connectivity index (χ1) is 21.3. The summed E-state index contributed by atoms with van der Waals surface area (Å²) >= 11 is 0. The van der Waals surface area contributed by atoms with Gasteiger partial charge in [0.25, 0.3) is 0 Å². The molecule has 0 fully saturated rings. The Bertz CT molecular complexity index is 2370. The van der Waals surface area contributed by atoms with Crippen molar-refractivity contribution in [2.24, 2.45) is 0 Å². The minimum Gasteiger partial charge on any atom is -0.0622 e. The SMILES string of the molecule is Cc1ccc2c(c1)-c1ccc3c4c(ccc-2c14)-c1c-3c(-c2ccccc2)c2cc3ccccc3cc2c1-c1ccccc1. The van der Waals surface area contributed by atoms with Gasteiger partial charge in [0, 0.05) is 0 Å². The number of hydrogen-bond acceptors (Lipinski definition) is 0. The zero-order chi connectivity index (χ0) is 28.2. The number of benzene rings is 8. The topological polar surface area (TPSA) is 0 Å². The Morgan fingerprint density at radius 1 is 0.326 bits per heavy atom. The van der Waals surface area contributed by atoms with Gasteiger partial charge in [0.2, 0.25) is 0 Å². The van der Waals surface area contributed by atoms with Gasteiger partial charge in [-0.2, -0.15) is 0 Å². The van der Waals surface area contributed by atoms with Gasteiger partial charge in [0.15, 0.2) is 0 Å². The molecule has 0 aliphatic heterocycles. The Labute approximate surface area is 250 Å². The van der Waals surface area contributed by atoms with Gasteiger partial charge in [0.1, 0.15) is 0 Å². The summed E-state index contributed by atoms with van der Waals surface area (Å²) in [7, 11) is 0. The first kappa shape index (κ1) is 23.1. The van der Waals surface area contributed by atoms with E-state index in [1.54, 1.807) is 0 Å². The van der Waals surface area contributed by atoms with Crippen LogP contribution in [0.5, 0.6) is 0 Å². The number of rotatable bonds is 2. The molecule has 198 valence electrons. The van der Waals surface area contributed by atoms with Gasteiger partial charge < -0.3 is 0 Å². The van der Waals surface area contributed by atoms with Crippen molar-refractivity contribution in [3.63, 3.8) is 0 Å². The molecule has 0 bridgehead atoms. The molecule has 43 heavy (non-hydrogen) atoms. The van der Waals surface area contributed by atoms with Crippen molar-refractivity contribution in [3.05, 3.63) is 145 Å². The molecule has 0 heteroatoms. The monoisotopic (exact) mass is 542 g/mol. The van der Waals surface area contributed by atoms with Crippen LogP contribution in [-0.4, -0.2) is 0 Å². The first-order valence-corrected chi connectivity index (χ1v) is 15.1. The average molecular weight is 543 g/mol. The number of aryl methyl sites for hydroxylation is 1. The third-order valence-electron chi connectivity index (χ3n) is 9.75. The minimum atomic E-state index is 1.26. The highest BCUT2D eigenvalue weighted by Gasteiger charge is 2.34. The van der Waals surface area contributed by atoms with Crippen LogP contribution in [-0.2, 0) is 0 Å². The summed E-state index contributed by atoms with van der Waals surface area (Å²) < 4.78 is 0. The fourth-order valence-corrected chi connectivity index (χ4v) is 8.00. The summed E-state index contributed by atoms with van der Waals surface area (Å²) in [5, 5.41) is 7.96. The molecule has 10 rings (SSSR count). The van der Waals surface area contributed by atoms with E-state index in [0.29, 0.717) is 0 Å². The van der Waals surface area contributed by atoms with Crippen LogP contribution in [0.4, 0.5) is 0 Å². The van der Waals surface area contributed by atoms with E-state index in [4.69, 9.17) is 0 Å². The molecule has 0 amide bonds. The molecule has 0 atom stereocenters. The predicted octanol–water partition coefficient (Wildman–Crippen LogP) is 12.1. The molecule has 0 radical (unpaired) electrons. The molecule has 8 aromatic rings. The summed E-state index contributed by atoms with van der Waals surface area (Å²) in [6.45, 7) is 2.20. The summed E-state index contributed by atoms with van der Waals surface area (Å²) in [5.41, 5.74) is 17.3. The lowest BCUT2D eigenvalue weighted by Gasteiger charge is -2.21. The van der Waals surface area contributed by atoms with E-state index in [-0.39, 0.29) is 0 Å². The second-order valence-electron chi connectivity index (χ2n) is 12.1. The van der Waals surface area contributed by atoms with Crippen LogP contribution in [0, 0.1) is 6.92 Å². The van der Waals surface area contributed by atoms with E-state index in [9.17, 15) is 0 Å². The molecule has 2 aliphatic carbocycles. The molecule has 0 saturated heterocycles. The van der Waals surface area contributed by atoms with E-state index in [1.807, 2.05) is 0 Å². The Morgan fingerprint density at radius 2 is 0.767 bits per heavy atom. The van der Waals surface area contributed by atoms with Crippen LogP contribution in [0.1, 0.15) is 5.56 Å². The molecule has 8 aromatic carbocycles. The maximum Gasteiger partial charge on any atom is -0.000740 e. The second-order valence-corrected chi connectivity index (χ2v) is 12.1. The van der Waals surface area contributed by atoms with Gasteiger partial charge in [-0.15, -0.1) is 0 Å². The summed E-state index contributed by atoms with van der Waals surface area (Å²) in [6, 6.07) is 52.2. The lowest BCUT2D eigenvalue weighted by Crippen LogP contribution is -1.94. The molecule has 2 aliphatic rings. The van der Waals surface area contributed by atoms with Crippen LogP contribution in [0.25, 0.3) is 99.1 Å². The van der Waals surface area contributed by atoms with Crippen molar-refractivity contribution in [3.8, 4) is 66.8 Å². The van der Waals surface area contributed by atoms with Crippen LogP contribution in [0.2, 0.25) is 0 Å². The van der Waals surface area contributed by atoms with Crippen molar-refractivity contribution >= 4 is 32.3 Å². The van der Waals surface area contributed by atoms with Crippen LogP contribution < -0.4 is 0 Å². The van der Waals surface area contributed by atoms with E-state index >= 15 is 0 Å². The highest BCUT2D eigenvalue weighted by molar-refractivity contribution is 6.32.